The molecule has 84 valence electrons. The molecule has 0 saturated heterocycles. The first kappa shape index (κ1) is 13.6. The van der Waals surface area contributed by atoms with E-state index in [1.807, 2.05) is 27.7 Å². The van der Waals surface area contributed by atoms with E-state index in [0.29, 0.717) is 6.42 Å². The van der Waals surface area contributed by atoms with Crippen LogP contribution in [0, 0.1) is 11.3 Å². The molecular weight excluding hydrogens is 200 g/mol. The van der Waals surface area contributed by atoms with Crippen molar-refractivity contribution in [2.75, 3.05) is 12.0 Å². The molecule has 0 saturated carbocycles. The lowest BCUT2D eigenvalue weighted by molar-refractivity contribution is -0.123. The minimum Gasteiger partial charge on any atom is -0.298 e. The summed E-state index contributed by atoms with van der Waals surface area (Å²) in [5.74, 6) is -0.664. The molecule has 0 N–H and O–H groups in total. The molecule has 0 heterocycles. The van der Waals surface area contributed by atoms with Gasteiger partial charge >= 0.3 is 0 Å². The molecule has 0 fully saturated rings. The standard InChI is InChI=1S/C10H20O3S/c1-6-8(10(2,3)4)9(11)7-14(5,12)13/h8H,6-7H2,1-5H3. The van der Waals surface area contributed by atoms with Crippen molar-refractivity contribution in [1.29, 1.82) is 0 Å². The first-order chi connectivity index (χ1) is 6.08. The Balaban J connectivity index is 4.66. The van der Waals surface area contributed by atoms with E-state index >= 15 is 0 Å². The second-order valence-electron chi connectivity index (χ2n) is 4.86. The van der Waals surface area contributed by atoms with E-state index in [9.17, 15) is 13.2 Å². The van der Waals surface area contributed by atoms with Crippen LogP contribution in [0.3, 0.4) is 0 Å². The van der Waals surface area contributed by atoms with Gasteiger partial charge in [-0.05, 0) is 11.8 Å². The number of hydrogen-bond donors (Lipinski definition) is 0. The van der Waals surface area contributed by atoms with Gasteiger partial charge in [-0.25, -0.2) is 8.42 Å². The summed E-state index contributed by atoms with van der Waals surface area (Å²) in [6.07, 6.45) is 1.79. The summed E-state index contributed by atoms with van der Waals surface area (Å²) >= 11 is 0. The highest BCUT2D eigenvalue weighted by molar-refractivity contribution is 7.91. The molecule has 3 nitrogen and oxygen atoms in total. The SMILES string of the molecule is CCC(C(=O)CS(C)(=O)=O)C(C)(C)C. The number of carbonyl (C=O) groups is 1. The summed E-state index contributed by atoms with van der Waals surface area (Å²) < 4.78 is 21.9. The molecular formula is C10H20O3S. The van der Waals surface area contributed by atoms with Crippen LogP contribution in [-0.4, -0.2) is 26.2 Å². The lowest BCUT2D eigenvalue weighted by Gasteiger charge is -2.28. The molecule has 0 aromatic rings. The fourth-order valence-corrected chi connectivity index (χ4v) is 2.40. The largest absolute Gasteiger partial charge is 0.298 e. The van der Waals surface area contributed by atoms with E-state index in [1.165, 1.54) is 0 Å². The van der Waals surface area contributed by atoms with Crippen molar-refractivity contribution in [3.05, 3.63) is 0 Å². The van der Waals surface area contributed by atoms with E-state index in [0.717, 1.165) is 6.26 Å². The van der Waals surface area contributed by atoms with Gasteiger partial charge in [-0.2, -0.15) is 0 Å². The van der Waals surface area contributed by atoms with Crippen molar-refractivity contribution in [3.8, 4) is 0 Å². The van der Waals surface area contributed by atoms with Crippen molar-refractivity contribution in [3.63, 3.8) is 0 Å². The average molecular weight is 220 g/mol. The Morgan fingerprint density at radius 3 is 1.93 bits per heavy atom. The van der Waals surface area contributed by atoms with Crippen molar-refractivity contribution >= 4 is 15.6 Å². The maximum absolute atomic E-state index is 11.7. The number of ketones is 1. The molecule has 0 aliphatic rings. The normalized spacial score (nSPS) is 15.2. The van der Waals surface area contributed by atoms with Gasteiger partial charge < -0.3 is 0 Å². The fraction of sp³-hybridized carbons (Fsp3) is 0.900. The topological polar surface area (TPSA) is 51.2 Å². The highest BCUT2D eigenvalue weighted by Crippen LogP contribution is 2.29. The molecule has 0 spiro atoms. The number of Topliss-reactive ketones (excluding diaryl/α,β-unsaturated/α-hetero) is 1. The van der Waals surface area contributed by atoms with E-state index < -0.39 is 9.84 Å². The van der Waals surface area contributed by atoms with Gasteiger partial charge in [0, 0.05) is 12.2 Å². The maximum Gasteiger partial charge on any atom is 0.154 e. The molecule has 14 heavy (non-hydrogen) atoms. The minimum atomic E-state index is -3.19. The molecule has 0 aliphatic carbocycles. The van der Waals surface area contributed by atoms with Gasteiger partial charge in [0.15, 0.2) is 15.6 Å². The molecule has 0 aromatic heterocycles. The van der Waals surface area contributed by atoms with Crippen LogP contribution in [0.2, 0.25) is 0 Å². The van der Waals surface area contributed by atoms with E-state index in [1.54, 1.807) is 0 Å². The van der Waals surface area contributed by atoms with Gasteiger partial charge in [0.25, 0.3) is 0 Å². The Morgan fingerprint density at radius 1 is 1.29 bits per heavy atom. The number of hydrogen-bond acceptors (Lipinski definition) is 3. The minimum absolute atomic E-state index is 0.156. The Labute approximate surface area is 86.8 Å². The molecule has 0 rings (SSSR count). The van der Waals surface area contributed by atoms with Crippen LogP contribution in [0.15, 0.2) is 0 Å². The van der Waals surface area contributed by atoms with E-state index in [2.05, 4.69) is 0 Å². The summed E-state index contributed by atoms with van der Waals surface area (Å²) in [7, 11) is -3.19. The third-order valence-electron chi connectivity index (χ3n) is 2.25. The van der Waals surface area contributed by atoms with Crippen molar-refractivity contribution < 1.29 is 13.2 Å². The molecule has 0 aliphatic heterocycles. The average Bonchev–Trinajstić information content (AvgIpc) is 1.79. The van der Waals surface area contributed by atoms with E-state index in [4.69, 9.17) is 0 Å². The van der Waals surface area contributed by atoms with Gasteiger partial charge in [-0.1, -0.05) is 27.7 Å². The highest BCUT2D eigenvalue weighted by Gasteiger charge is 2.30. The summed E-state index contributed by atoms with van der Waals surface area (Å²) in [5, 5.41) is 0. The Kier molecular flexibility index (Phi) is 4.31. The summed E-state index contributed by atoms with van der Waals surface area (Å²) in [5.41, 5.74) is -0.156. The fourth-order valence-electron chi connectivity index (χ4n) is 1.68. The van der Waals surface area contributed by atoms with Crippen LogP contribution in [0.1, 0.15) is 34.1 Å². The monoisotopic (exact) mass is 220 g/mol. The first-order valence-corrected chi connectivity index (χ1v) is 6.84. The Hall–Kier alpha value is -0.380. The molecule has 0 bridgehead atoms. The second-order valence-corrected chi connectivity index (χ2v) is 7.00. The van der Waals surface area contributed by atoms with Crippen molar-refractivity contribution in [2.45, 2.75) is 34.1 Å². The van der Waals surface area contributed by atoms with Crippen LogP contribution in [0.4, 0.5) is 0 Å². The summed E-state index contributed by atoms with van der Waals surface area (Å²) in [4.78, 5) is 11.7. The van der Waals surface area contributed by atoms with Gasteiger partial charge in [0.2, 0.25) is 0 Å². The smallest absolute Gasteiger partial charge is 0.154 e. The third kappa shape index (κ3) is 4.74. The van der Waals surface area contributed by atoms with Crippen LogP contribution < -0.4 is 0 Å². The van der Waals surface area contributed by atoms with Gasteiger partial charge in [0.1, 0.15) is 5.75 Å². The van der Waals surface area contributed by atoms with Crippen molar-refractivity contribution in [2.24, 2.45) is 11.3 Å². The zero-order valence-corrected chi connectivity index (χ0v) is 10.4. The summed E-state index contributed by atoms with van der Waals surface area (Å²) in [6.45, 7) is 7.79. The Morgan fingerprint density at radius 2 is 1.71 bits per heavy atom. The van der Waals surface area contributed by atoms with Gasteiger partial charge in [-0.3, -0.25) is 4.79 Å². The van der Waals surface area contributed by atoms with Crippen LogP contribution in [0.25, 0.3) is 0 Å². The number of sulfone groups is 1. The molecule has 4 heteroatoms. The summed E-state index contributed by atoms with van der Waals surface area (Å²) in [6, 6.07) is 0. The molecule has 0 aromatic carbocycles. The predicted molar refractivity (Wildman–Crippen MR) is 58.0 cm³/mol. The first-order valence-electron chi connectivity index (χ1n) is 4.78. The lowest BCUT2D eigenvalue weighted by atomic mass is 9.77. The highest BCUT2D eigenvalue weighted by atomic mass is 32.2. The number of carbonyl (C=O) groups excluding carboxylic acids is 1. The van der Waals surface area contributed by atoms with Crippen LogP contribution in [-0.2, 0) is 14.6 Å². The second kappa shape index (κ2) is 4.43. The predicted octanol–water partition coefficient (Wildman–Crippen LogP) is 1.67. The molecule has 0 radical (unpaired) electrons. The molecule has 1 unspecified atom stereocenters. The quantitative estimate of drug-likeness (QED) is 0.724. The van der Waals surface area contributed by atoms with Crippen LogP contribution in [0.5, 0.6) is 0 Å². The zero-order valence-electron chi connectivity index (χ0n) is 9.62. The van der Waals surface area contributed by atoms with Crippen LogP contribution >= 0.6 is 0 Å². The lowest BCUT2D eigenvalue weighted by Crippen LogP contribution is -2.32. The molecule has 0 amide bonds. The van der Waals surface area contributed by atoms with Gasteiger partial charge in [-0.15, -0.1) is 0 Å². The zero-order chi connectivity index (χ0) is 11.6. The van der Waals surface area contributed by atoms with Gasteiger partial charge in [0.05, 0.1) is 0 Å². The van der Waals surface area contributed by atoms with Crippen molar-refractivity contribution in [1.82, 2.24) is 0 Å². The number of rotatable bonds is 4. The van der Waals surface area contributed by atoms with E-state index in [-0.39, 0.29) is 22.9 Å². The maximum atomic E-state index is 11.7. The Bertz CT molecular complexity index is 296. The third-order valence-corrected chi connectivity index (χ3v) is 3.06. The molecule has 1 atom stereocenters.